The molecule has 1 aromatic heterocycles. The van der Waals surface area contributed by atoms with E-state index in [-0.39, 0.29) is 11.4 Å². The minimum atomic E-state index is -4.74. The van der Waals surface area contributed by atoms with Crippen molar-refractivity contribution in [1.82, 2.24) is 9.97 Å². The fourth-order valence-electron chi connectivity index (χ4n) is 1.37. The number of ether oxygens (including phenoxy) is 1. The van der Waals surface area contributed by atoms with Gasteiger partial charge in [0.25, 0.3) is 5.69 Å². The quantitative estimate of drug-likeness (QED) is 0.634. The molecule has 0 bridgehead atoms. The molecule has 0 atom stereocenters. The van der Waals surface area contributed by atoms with Gasteiger partial charge in [-0.3, -0.25) is 10.1 Å². The predicted molar refractivity (Wildman–Crippen MR) is 65.2 cm³/mol. The van der Waals surface area contributed by atoms with E-state index in [1.165, 1.54) is 12.1 Å². The molecule has 21 heavy (non-hydrogen) atoms. The van der Waals surface area contributed by atoms with Crippen LogP contribution in [0.15, 0.2) is 30.6 Å². The van der Waals surface area contributed by atoms with Crippen LogP contribution in [0.3, 0.4) is 0 Å². The summed E-state index contributed by atoms with van der Waals surface area (Å²) in [6.07, 6.45) is -4.08. The average molecular weight is 320 g/mol. The van der Waals surface area contributed by atoms with E-state index in [0.717, 1.165) is 12.1 Å². The maximum atomic E-state index is 12.6. The van der Waals surface area contributed by atoms with Crippen molar-refractivity contribution in [3.63, 3.8) is 0 Å². The second-order valence-electron chi connectivity index (χ2n) is 3.69. The highest BCUT2D eigenvalue weighted by Gasteiger charge is 2.37. The van der Waals surface area contributed by atoms with Crippen LogP contribution in [0.1, 0.15) is 5.69 Å². The number of nitro groups is 1. The number of rotatable bonds is 3. The van der Waals surface area contributed by atoms with Gasteiger partial charge in [-0.25, -0.2) is 9.97 Å². The molecule has 0 spiro atoms. The molecule has 10 heteroatoms. The molecule has 1 aromatic carbocycles. The Morgan fingerprint density at radius 2 is 1.81 bits per heavy atom. The summed E-state index contributed by atoms with van der Waals surface area (Å²) < 4.78 is 42.9. The van der Waals surface area contributed by atoms with E-state index in [1.54, 1.807) is 0 Å². The van der Waals surface area contributed by atoms with Crippen molar-refractivity contribution in [3.8, 4) is 11.6 Å². The molecule has 0 radical (unpaired) electrons. The van der Waals surface area contributed by atoms with Crippen molar-refractivity contribution in [2.75, 3.05) is 0 Å². The monoisotopic (exact) mass is 319 g/mol. The zero-order valence-electron chi connectivity index (χ0n) is 9.96. The first-order valence-corrected chi connectivity index (χ1v) is 5.67. The molecule has 1 heterocycles. The molecular formula is C11H5ClF3N3O3. The molecule has 0 unspecified atom stereocenters. The summed E-state index contributed by atoms with van der Waals surface area (Å²) in [6.45, 7) is 0. The molecule has 2 rings (SSSR count). The summed E-state index contributed by atoms with van der Waals surface area (Å²) >= 11 is 5.55. The smallest absolute Gasteiger partial charge is 0.435 e. The van der Waals surface area contributed by atoms with Gasteiger partial charge in [0.1, 0.15) is 17.1 Å². The lowest BCUT2D eigenvalue weighted by molar-refractivity contribution is -0.384. The van der Waals surface area contributed by atoms with Gasteiger partial charge >= 0.3 is 6.18 Å². The molecule has 110 valence electrons. The maximum absolute atomic E-state index is 12.6. The van der Waals surface area contributed by atoms with Crippen molar-refractivity contribution >= 4 is 17.3 Å². The Hall–Kier alpha value is -2.42. The minimum absolute atomic E-state index is 0.0503. The Morgan fingerprint density at radius 3 is 2.33 bits per heavy atom. The summed E-state index contributed by atoms with van der Waals surface area (Å²) in [5.74, 6) is -0.442. The lowest BCUT2D eigenvalue weighted by Crippen LogP contribution is -2.10. The SMILES string of the molecule is O=[N+]([O-])c1ccc(Oc2ncnc(C(F)(F)F)c2Cl)cc1. The lowest BCUT2D eigenvalue weighted by Gasteiger charge is -2.10. The topological polar surface area (TPSA) is 78.2 Å². The van der Waals surface area contributed by atoms with Crippen LogP contribution in [0, 0.1) is 10.1 Å². The van der Waals surface area contributed by atoms with Crippen LogP contribution in [-0.4, -0.2) is 14.9 Å². The Bertz CT molecular complexity index is 677. The zero-order valence-corrected chi connectivity index (χ0v) is 10.7. The van der Waals surface area contributed by atoms with Crippen LogP contribution in [0.5, 0.6) is 11.6 Å². The summed E-state index contributed by atoms with van der Waals surface area (Å²) in [4.78, 5) is 16.4. The van der Waals surface area contributed by atoms with Gasteiger partial charge in [-0.1, -0.05) is 11.6 Å². The molecule has 0 fully saturated rings. The third-order valence-corrected chi connectivity index (χ3v) is 2.63. The second-order valence-corrected chi connectivity index (χ2v) is 4.07. The van der Waals surface area contributed by atoms with Crippen LogP contribution < -0.4 is 4.74 Å². The number of non-ortho nitro benzene ring substituents is 1. The van der Waals surface area contributed by atoms with Gasteiger partial charge in [-0.2, -0.15) is 13.2 Å². The van der Waals surface area contributed by atoms with Gasteiger partial charge in [0.2, 0.25) is 5.88 Å². The van der Waals surface area contributed by atoms with Crippen molar-refractivity contribution in [1.29, 1.82) is 0 Å². The normalized spacial score (nSPS) is 11.2. The van der Waals surface area contributed by atoms with Gasteiger partial charge in [-0.05, 0) is 12.1 Å². The van der Waals surface area contributed by atoms with Crippen LogP contribution in [0.2, 0.25) is 5.02 Å². The number of benzene rings is 1. The first kappa shape index (κ1) is 15.0. The van der Waals surface area contributed by atoms with E-state index < -0.39 is 27.7 Å². The summed E-state index contributed by atoms with van der Waals surface area (Å²) in [6, 6.07) is 4.69. The summed E-state index contributed by atoms with van der Waals surface area (Å²) in [5, 5.41) is 9.69. The maximum Gasteiger partial charge on any atom is 0.435 e. The molecule has 0 N–H and O–H groups in total. The Labute approximate surface area is 120 Å². The van der Waals surface area contributed by atoms with Crippen LogP contribution in [-0.2, 0) is 6.18 Å². The number of nitrogens with zero attached hydrogens (tertiary/aromatic N) is 3. The first-order valence-electron chi connectivity index (χ1n) is 5.29. The predicted octanol–water partition coefficient (Wildman–Crippen LogP) is 3.85. The molecular weight excluding hydrogens is 315 g/mol. The first-order chi connectivity index (χ1) is 9.79. The van der Waals surface area contributed by atoms with Crippen LogP contribution in [0.25, 0.3) is 0 Å². The average Bonchev–Trinajstić information content (AvgIpc) is 2.40. The van der Waals surface area contributed by atoms with Crippen molar-refractivity contribution in [2.45, 2.75) is 6.18 Å². The Kier molecular flexibility index (Phi) is 3.94. The molecule has 0 aliphatic carbocycles. The Morgan fingerprint density at radius 1 is 1.19 bits per heavy atom. The van der Waals surface area contributed by atoms with Crippen LogP contribution >= 0.6 is 11.6 Å². The van der Waals surface area contributed by atoms with Crippen molar-refractivity contribution in [3.05, 3.63) is 51.4 Å². The van der Waals surface area contributed by atoms with E-state index in [9.17, 15) is 23.3 Å². The van der Waals surface area contributed by atoms with Crippen molar-refractivity contribution in [2.24, 2.45) is 0 Å². The number of aromatic nitrogens is 2. The number of halogens is 4. The number of hydrogen-bond donors (Lipinski definition) is 0. The van der Waals surface area contributed by atoms with Crippen molar-refractivity contribution < 1.29 is 22.8 Å². The van der Waals surface area contributed by atoms with Gasteiger partial charge < -0.3 is 4.74 Å². The van der Waals surface area contributed by atoms with Gasteiger partial charge in [-0.15, -0.1) is 0 Å². The standard InChI is InChI=1S/C11H5ClF3N3O3/c12-8-9(11(13,14)15)16-5-17-10(8)21-7-3-1-6(2-4-7)18(19)20/h1-5H. The van der Waals surface area contributed by atoms with E-state index >= 15 is 0 Å². The number of nitro benzene ring substituents is 1. The largest absolute Gasteiger partial charge is 0.437 e. The highest BCUT2D eigenvalue weighted by molar-refractivity contribution is 6.32. The highest BCUT2D eigenvalue weighted by atomic mass is 35.5. The molecule has 0 saturated heterocycles. The summed E-state index contributed by atoms with van der Waals surface area (Å²) in [5.41, 5.74) is -1.51. The third kappa shape index (κ3) is 3.37. The number of hydrogen-bond acceptors (Lipinski definition) is 5. The van der Waals surface area contributed by atoms with E-state index in [4.69, 9.17) is 16.3 Å². The van der Waals surface area contributed by atoms with E-state index in [2.05, 4.69) is 9.97 Å². The fraction of sp³-hybridized carbons (Fsp3) is 0.0909. The molecule has 0 saturated carbocycles. The van der Waals surface area contributed by atoms with Gasteiger partial charge in [0.05, 0.1) is 4.92 Å². The molecule has 2 aromatic rings. The molecule has 0 aliphatic rings. The Balaban J connectivity index is 2.30. The lowest BCUT2D eigenvalue weighted by atomic mass is 10.3. The van der Waals surface area contributed by atoms with Gasteiger partial charge in [0.15, 0.2) is 5.69 Å². The number of alkyl halides is 3. The third-order valence-electron chi connectivity index (χ3n) is 2.29. The molecule has 0 amide bonds. The molecule has 0 aliphatic heterocycles. The molecule has 6 nitrogen and oxygen atoms in total. The zero-order chi connectivity index (χ0) is 15.6. The summed E-state index contributed by atoms with van der Waals surface area (Å²) in [7, 11) is 0. The fourth-order valence-corrected chi connectivity index (χ4v) is 1.61. The highest BCUT2D eigenvalue weighted by Crippen LogP contribution is 2.37. The van der Waals surface area contributed by atoms with Gasteiger partial charge in [0, 0.05) is 12.1 Å². The van der Waals surface area contributed by atoms with E-state index in [0.29, 0.717) is 6.33 Å². The second kappa shape index (κ2) is 5.52. The van der Waals surface area contributed by atoms with E-state index in [1.807, 2.05) is 0 Å². The van der Waals surface area contributed by atoms with Crippen LogP contribution in [0.4, 0.5) is 18.9 Å². The minimum Gasteiger partial charge on any atom is -0.437 e.